The van der Waals surface area contributed by atoms with Gasteiger partial charge in [0.15, 0.2) is 0 Å². The molecule has 0 aromatic heterocycles. The summed E-state index contributed by atoms with van der Waals surface area (Å²) >= 11 is 0. The number of allylic oxidation sites excluding steroid dienone is 11. The molecule has 0 bridgehead atoms. The van der Waals surface area contributed by atoms with E-state index in [-0.39, 0.29) is 12.5 Å². The summed E-state index contributed by atoms with van der Waals surface area (Å²) in [6.07, 6.45) is 65.4. The minimum atomic E-state index is -4.61. The Labute approximate surface area is 408 Å². The molecular weight excluding hydrogens is 840 g/mol. The van der Waals surface area contributed by atoms with Crippen molar-refractivity contribution in [1.82, 2.24) is 5.32 Å². The maximum atomic E-state index is 12.9. The van der Waals surface area contributed by atoms with Gasteiger partial charge >= 0.3 is 0 Å². The molecule has 0 saturated carbocycles. The number of nitrogens with one attached hydrogen (secondary N) is 1. The van der Waals surface area contributed by atoms with Crippen LogP contribution in [0.25, 0.3) is 0 Å². The van der Waals surface area contributed by atoms with Gasteiger partial charge in [-0.25, -0.2) is 0 Å². The van der Waals surface area contributed by atoms with E-state index >= 15 is 0 Å². The zero-order valence-electron chi connectivity index (χ0n) is 43.6. The Balaban J connectivity index is 4.33. The second kappa shape index (κ2) is 48.0. The summed E-state index contributed by atoms with van der Waals surface area (Å²) in [5.41, 5.74) is 0. The Hall–Kier alpha value is -2.06. The standard InChI is InChI=1S/C57H105N2O6P/c1-6-8-10-12-14-16-18-20-22-24-26-28-29-31-32-34-36-38-40-42-44-46-48-50-56(60)55(54-65-66(62,63)64-53-52-59(3,4)5)58-57(61)51-49-47-45-43-41-39-37-35-33-30-27-25-23-21-19-17-15-13-11-9-7-2/h9,11,15,17,21,23,27,30,40,42,48,50,55-56,60H,6-8,10,12-14,16,18-20,22,24-26,28-29,31-39,41,43-47,49,51-54H2,1-5H3,(H-,58,61,62,63)/b11-9-,17-15-,23-21-,30-27-,42-40+,50-48+. The molecule has 0 heterocycles. The van der Waals surface area contributed by atoms with Crippen molar-refractivity contribution in [1.29, 1.82) is 0 Å². The van der Waals surface area contributed by atoms with Crippen LogP contribution in [0.2, 0.25) is 0 Å². The molecule has 8 nitrogen and oxygen atoms in total. The van der Waals surface area contributed by atoms with Crippen LogP contribution in [0, 0.1) is 0 Å². The minimum absolute atomic E-state index is 0.0111. The maximum Gasteiger partial charge on any atom is 0.268 e. The molecule has 0 saturated heterocycles. The lowest BCUT2D eigenvalue weighted by molar-refractivity contribution is -0.870. The van der Waals surface area contributed by atoms with E-state index in [9.17, 15) is 19.4 Å². The Morgan fingerprint density at radius 3 is 1.41 bits per heavy atom. The first-order valence-electron chi connectivity index (χ1n) is 27.3. The third-order valence-corrected chi connectivity index (χ3v) is 12.9. The number of quaternary nitrogens is 1. The fourth-order valence-corrected chi connectivity index (χ4v) is 8.35. The molecule has 384 valence electrons. The molecule has 0 radical (unpaired) electrons. The van der Waals surface area contributed by atoms with Gasteiger partial charge in [-0.1, -0.05) is 228 Å². The van der Waals surface area contributed by atoms with E-state index in [1.165, 1.54) is 135 Å². The number of phosphoric acid groups is 1. The topological polar surface area (TPSA) is 108 Å². The fourth-order valence-electron chi connectivity index (χ4n) is 7.63. The summed E-state index contributed by atoms with van der Waals surface area (Å²) in [7, 11) is 1.23. The number of amides is 1. The first-order valence-corrected chi connectivity index (χ1v) is 28.8. The molecule has 3 unspecified atom stereocenters. The molecular formula is C57H105N2O6P. The van der Waals surface area contributed by atoms with E-state index in [1.807, 2.05) is 27.2 Å². The zero-order valence-corrected chi connectivity index (χ0v) is 44.5. The van der Waals surface area contributed by atoms with E-state index in [0.29, 0.717) is 17.4 Å². The maximum absolute atomic E-state index is 12.9. The van der Waals surface area contributed by atoms with E-state index in [0.717, 1.165) is 77.0 Å². The Kier molecular flexibility index (Phi) is 46.5. The number of carbonyl (C=O) groups is 1. The van der Waals surface area contributed by atoms with Gasteiger partial charge in [0.25, 0.3) is 7.82 Å². The molecule has 0 spiro atoms. The van der Waals surface area contributed by atoms with E-state index in [2.05, 4.69) is 79.9 Å². The molecule has 0 aromatic carbocycles. The third-order valence-electron chi connectivity index (χ3n) is 11.9. The quantitative estimate of drug-likeness (QED) is 0.0272. The van der Waals surface area contributed by atoms with Crippen molar-refractivity contribution in [2.45, 2.75) is 244 Å². The van der Waals surface area contributed by atoms with E-state index < -0.39 is 26.6 Å². The lowest BCUT2D eigenvalue weighted by atomic mass is 10.0. The molecule has 0 fully saturated rings. The smallest absolute Gasteiger partial charge is 0.268 e. The molecule has 0 aliphatic carbocycles. The number of likely N-dealkylation sites (N-methyl/N-ethyl adjacent to an activating group) is 1. The SMILES string of the molecule is CC/C=C\C/C=C\C/C=C\C/C=C\CCCCCCCCCCC(=O)NC(COP(=O)([O-])OCC[N+](C)(C)C)C(O)/C=C/CC/C=C/CCCCCCCCCCCCCCCCCCC. The van der Waals surface area contributed by atoms with Gasteiger partial charge in [-0.05, 0) is 70.6 Å². The summed E-state index contributed by atoms with van der Waals surface area (Å²) in [5, 5.41) is 13.8. The van der Waals surface area contributed by atoms with E-state index in [1.54, 1.807) is 6.08 Å². The number of rotatable bonds is 49. The van der Waals surface area contributed by atoms with Crippen molar-refractivity contribution >= 4 is 13.7 Å². The second-order valence-electron chi connectivity index (χ2n) is 19.5. The number of hydrogen-bond acceptors (Lipinski definition) is 6. The number of aliphatic hydroxyl groups is 1. The van der Waals surface area contributed by atoms with Crippen LogP contribution in [0.1, 0.15) is 232 Å². The molecule has 1 amide bonds. The van der Waals surface area contributed by atoms with Crippen LogP contribution >= 0.6 is 7.82 Å². The monoisotopic (exact) mass is 945 g/mol. The van der Waals surface area contributed by atoms with Gasteiger partial charge in [-0.15, -0.1) is 0 Å². The van der Waals surface area contributed by atoms with Crippen molar-refractivity contribution in [3.63, 3.8) is 0 Å². The summed E-state index contributed by atoms with van der Waals surface area (Å²) < 4.78 is 23.3. The molecule has 2 N–H and O–H groups in total. The van der Waals surface area contributed by atoms with Crippen LogP contribution < -0.4 is 10.2 Å². The molecule has 0 rings (SSSR count). The van der Waals surface area contributed by atoms with Crippen molar-refractivity contribution in [3.05, 3.63) is 72.9 Å². The van der Waals surface area contributed by atoms with Crippen molar-refractivity contribution in [2.24, 2.45) is 0 Å². The van der Waals surface area contributed by atoms with Crippen LogP contribution in [-0.2, 0) is 18.4 Å². The highest BCUT2D eigenvalue weighted by Gasteiger charge is 2.23. The number of unbranched alkanes of at least 4 members (excludes halogenated alkanes) is 26. The Morgan fingerprint density at radius 2 is 0.939 bits per heavy atom. The Bertz CT molecular complexity index is 1300. The zero-order chi connectivity index (χ0) is 48.5. The van der Waals surface area contributed by atoms with Crippen LogP contribution in [0.3, 0.4) is 0 Å². The summed E-state index contributed by atoms with van der Waals surface area (Å²) in [5.74, 6) is -0.217. The highest BCUT2D eigenvalue weighted by atomic mass is 31.2. The largest absolute Gasteiger partial charge is 0.756 e. The van der Waals surface area contributed by atoms with Gasteiger partial charge in [-0.2, -0.15) is 0 Å². The normalized spacial score (nSPS) is 14.6. The van der Waals surface area contributed by atoms with Gasteiger partial charge in [0.05, 0.1) is 39.9 Å². The summed E-state index contributed by atoms with van der Waals surface area (Å²) in [6.45, 7) is 4.52. The molecule has 0 aliphatic rings. The number of nitrogens with zero attached hydrogens (tertiary/aromatic N) is 1. The first-order chi connectivity index (χ1) is 32.0. The predicted octanol–water partition coefficient (Wildman–Crippen LogP) is 15.7. The average Bonchev–Trinajstić information content (AvgIpc) is 3.28. The predicted molar refractivity (Wildman–Crippen MR) is 284 cm³/mol. The molecule has 0 aromatic rings. The fraction of sp³-hybridized carbons (Fsp3) is 0.772. The molecule has 0 aliphatic heterocycles. The first kappa shape index (κ1) is 63.9. The van der Waals surface area contributed by atoms with Crippen molar-refractivity contribution in [2.75, 3.05) is 40.9 Å². The van der Waals surface area contributed by atoms with Crippen LogP contribution in [0.5, 0.6) is 0 Å². The Morgan fingerprint density at radius 1 is 0.545 bits per heavy atom. The van der Waals surface area contributed by atoms with Gasteiger partial charge < -0.3 is 28.8 Å². The second-order valence-corrected chi connectivity index (χ2v) is 21.0. The van der Waals surface area contributed by atoms with Gasteiger partial charge in [0.2, 0.25) is 5.91 Å². The average molecular weight is 945 g/mol. The minimum Gasteiger partial charge on any atom is -0.756 e. The van der Waals surface area contributed by atoms with Crippen LogP contribution in [-0.4, -0.2) is 68.5 Å². The summed E-state index contributed by atoms with van der Waals surface area (Å²) in [4.78, 5) is 25.5. The lowest BCUT2D eigenvalue weighted by Gasteiger charge is -2.29. The van der Waals surface area contributed by atoms with Gasteiger partial charge in [-0.3, -0.25) is 9.36 Å². The summed E-state index contributed by atoms with van der Waals surface area (Å²) in [6, 6.07) is -0.912. The lowest BCUT2D eigenvalue weighted by Crippen LogP contribution is -2.45. The van der Waals surface area contributed by atoms with Gasteiger partial charge in [0, 0.05) is 6.42 Å². The molecule has 9 heteroatoms. The van der Waals surface area contributed by atoms with Gasteiger partial charge in [0.1, 0.15) is 13.2 Å². The number of phosphoric ester groups is 1. The number of hydrogen-bond donors (Lipinski definition) is 2. The van der Waals surface area contributed by atoms with Crippen LogP contribution in [0.15, 0.2) is 72.9 Å². The van der Waals surface area contributed by atoms with E-state index in [4.69, 9.17) is 9.05 Å². The number of aliphatic hydroxyl groups excluding tert-OH is 1. The number of carbonyl (C=O) groups excluding carboxylic acids is 1. The molecule has 66 heavy (non-hydrogen) atoms. The molecule has 3 atom stereocenters. The van der Waals surface area contributed by atoms with Crippen molar-refractivity contribution < 1.29 is 32.9 Å². The third kappa shape index (κ3) is 49.8. The highest BCUT2D eigenvalue weighted by molar-refractivity contribution is 7.45. The van der Waals surface area contributed by atoms with Crippen LogP contribution in [0.4, 0.5) is 0 Å². The highest BCUT2D eigenvalue weighted by Crippen LogP contribution is 2.38. The van der Waals surface area contributed by atoms with Crippen molar-refractivity contribution in [3.8, 4) is 0 Å².